The van der Waals surface area contributed by atoms with E-state index in [1.807, 2.05) is 12.1 Å². The Balaban J connectivity index is 2.10. The molecule has 0 aliphatic heterocycles. The van der Waals surface area contributed by atoms with E-state index >= 15 is 0 Å². The van der Waals surface area contributed by atoms with Gasteiger partial charge in [-0.05, 0) is 42.3 Å². The molecule has 4 nitrogen and oxygen atoms in total. The van der Waals surface area contributed by atoms with Crippen LogP contribution in [0.15, 0.2) is 58.2 Å². The van der Waals surface area contributed by atoms with Crippen LogP contribution < -0.4 is 0 Å². The minimum atomic E-state index is -3.44. The molecule has 0 saturated heterocycles. The van der Waals surface area contributed by atoms with Gasteiger partial charge in [0.05, 0.1) is 4.90 Å². The number of likely N-dealkylation sites (N-methyl/N-ethyl adjacent to an activating group) is 1. The molecule has 20 heavy (non-hydrogen) atoms. The molecule has 0 saturated carbocycles. The second kappa shape index (κ2) is 6.47. The van der Waals surface area contributed by atoms with E-state index < -0.39 is 10.0 Å². The number of pyridine rings is 1. The second-order valence-electron chi connectivity index (χ2n) is 4.39. The highest BCUT2D eigenvalue weighted by molar-refractivity contribution is 9.10. The van der Waals surface area contributed by atoms with Gasteiger partial charge < -0.3 is 0 Å². The van der Waals surface area contributed by atoms with E-state index in [9.17, 15) is 8.42 Å². The summed E-state index contributed by atoms with van der Waals surface area (Å²) in [5, 5.41) is 0. The van der Waals surface area contributed by atoms with E-state index in [-0.39, 0.29) is 0 Å². The van der Waals surface area contributed by atoms with E-state index in [1.54, 1.807) is 43.7 Å². The van der Waals surface area contributed by atoms with Gasteiger partial charge in [-0.15, -0.1) is 0 Å². The van der Waals surface area contributed by atoms with Crippen LogP contribution in [-0.4, -0.2) is 31.3 Å². The number of benzene rings is 1. The molecule has 6 heteroatoms. The first-order valence-electron chi connectivity index (χ1n) is 6.11. The smallest absolute Gasteiger partial charge is 0.242 e. The first-order chi connectivity index (χ1) is 9.50. The molecule has 0 unspecified atom stereocenters. The highest BCUT2D eigenvalue weighted by Gasteiger charge is 2.20. The number of nitrogens with zero attached hydrogens (tertiary/aromatic N) is 2. The van der Waals surface area contributed by atoms with E-state index in [4.69, 9.17) is 0 Å². The van der Waals surface area contributed by atoms with Crippen molar-refractivity contribution in [1.29, 1.82) is 0 Å². The van der Waals surface area contributed by atoms with Crippen molar-refractivity contribution in [3.05, 3.63) is 58.8 Å². The Labute approximate surface area is 127 Å². The molecule has 1 aromatic carbocycles. The Kier molecular flexibility index (Phi) is 4.91. The van der Waals surface area contributed by atoms with Crippen LogP contribution in [0.2, 0.25) is 0 Å². The van der Waals surface area contributed by atoms with Gasteiger partial charge in [0.15, 0.2) is 0 Å². The maximum Gasteiger partial charge on any atom is 0.242 e. The average molecular weight is 355 g/mol. The van der Waals surface area contributed by atoms with Crippen molar-refractivity contribution in [3.8, 4) is 0 Å². The molecule has 0 aliphatic carbocycles. The summed E-state index contributed by atoms with van der Waals surface area (Å²) in [6.45, 7) is 0.429. The van der Waals surface area contributed by atoms with Gasteiger partial charge in [-0.2, -0.15) is 0 Å². The van der Waals surface area contributed by atoms with Crippen LogP contribution in [0.3, 0.4) is 0 Å². The third kappa shape index (κ3) is 3.65. The predicted molar refractivity (Wildman–Crippen MR) is 81.9 cm³/mol. The fourth-order valence-electron chi connectivity index (χ4n) is 1.76. The minimum absolute atomic E-state index is 0.295. The fourth-order valence-corrected chi connectivity index (χ4v) is 3.53. The Morgan fingerprint density at radius 2 is 1.90 bits per heavy atom. The summed E-state index contributed by atoms with van der Waals surface area (Å²) in [5.74, 6) is 0. The summed E-state index contributed by atoms with van der Waals surface area (Å²) in [6, 6.07) is 10.5. The maximum atomic E-state index is 12.4. The number of sulfonamides is 1. The number of halogens is 1. The van der Waals surface area contributed by atoms with Crippen molar-refractivity contribution in [1.82, 2.24) is 9.29 Å². The predicted octanol–water partition coefficient (Wildman–Crippen LogP) is 2.71. The van der Waals surface area contributed by atoms with E-state index in [0.29, 0.717) is 17.9 Å². The second-order valence-corrected chi connectivity index (χ2v) is 7.35. The summed E-state index contributed by atoms with van der Waals surface area (Å²) in [5.41, 5.74) is 1.07. The van der Waals surface area contributed by atoms with Crippen LogP contribution in [0.25, 0.3) is 0 Å². The number of aromatic nitrogens is 1. The molecule has 1 heterocycles. The van der Waals surface area contributed by atoms with Gasteiger partial charge in [-0.1, -0.05) is 22.0 Å². The Morgan fingerprint density at radius 3 is 2.55 bits per heavy atom. The zero-order valence-electron chi connectivity index (χ0n) is 11.0. The molecule has 2 aromatic rings. The van der Waals surface area contributed by atoms with Gasteiger partial charge in [-0.25, -0.2) is 12.7 Å². The van der Waals surface area contributed by atoms with Gasteiger partial charge in [-0.3, -0.25) is 4.98 Å². The van der Waals surface area contributed by atoms with Crippen molar-refractivity contribution < 1.29 is 8.42 Å². The lowest BCUT2D eigenvalue weighted by Crippen LogP contribution is -2.29. The van der Waals surface area contributed by atoms with Crippen LogP contribution in [-0.2, 0) is 16.4 Å². The first-order valence-corrected chi connectivity index (χ1v) is 8.34. The van der Waals surface area contributed by atoms with Crippen LogP contribution >= 0.6 is 15.9 Å². The lowest BCUT2D eigenvalue weighted by molar-refractivity contribution is 0.472. The molecule has 0 amide bonds. The first kappa shape index (κ1) is 15.2. The van der Waals surface area contributed by atoms with Crippen molar-refractivity contribution in [2.75, 3.05) is 13.6 Å². The Morgan fingerprint density at radius 1 is 1.20 bits per heavy atom. The maximum absolute atomic E-state index is 12.4. The number of hydrogen-bond acceptors (Lipinski definition) is 3. The van der Waals surface area contributed by atoms with Gasteiger partial charge in [0.2, 0.25) is 10.0 Å². The third-order valence-electron chi connectivity index (χ3n) is 2.97. The summed E-state index contributed by atoms with van der Waals surface area (Å²) >= 11 is 3.29. The third-order valence-corrected chi connectivity index (χ3v) is 5.32. The molecule has 0 N–H and O–H groups in total. The Hall–Kier alpha value is -1.24. The molecule has 2 rings (SSSR count). The van der Waals surface area contributed by atoms with Gasteiger partial charge in [0.25, 0.3) is 0 Å². The van der Waals surface area contributed by atoms with Crippen molar-refractivity contribution in [3.63, 3.8) is 0 Å². The van der Waals surface area contributed by atoms with Crippen LogP contribution in [0.5, 0.6) is 0 Å². The lowest BCUT2D eigenvalue weighted by Gasteiger charge is -2.17. The molecule has 0 atom stereocenters. The van der Waals surface area contributed by atoms with Crippen molar-refractivity contribution >= 4 is 26.0 Å². The number of rotatable bonds is 5. The van der Waals surface area contributed by atoms with Crippen molar-refractivity contribution in [2.45, 2.75) is 11.3 Å². The summed E-state index contributed by atoms with van der Waals surface area (Å²) in [7, 11) is -1.85. The molecular formula is C14H15BrN2O2S. The normalized spacial score (nSPS) is 11.8. The zero-order valence-corrected chi connectivity index (χ0v) is 13.4. The SMILES string of the molecule is CN(CCc1ccncc1)S(=O)(=O)c1cccc(Br)c1. The van der Waals surface area contributed by atoms with Crippen molar-refractivity contribution in [2.24, 2.45) is 0 Å². The summed E-state index contributed by atoms with van der Waals surface area (Å²) in [6.07, 6.45) is 4.07. The van der Waals surface area contributed by atoms with Crippen LogP contribution in [0.4, 0.5) is 0 Å². The molecule has 0 radical (unpaired) electrons. The quantitative estimate of drug-likeness (QED) is 0.829. The average Bonchev–Trinajstić information content (AvgIpc) is 2.45. The molecule has 0 bridgehead atoms. The van der Waals surface area contributed by atoms with E-state index in [1.165, 1.54) is 4.31 Å². The van der Waals surface area contributed by atoms with Crippen LogP contribution in [0, 0.1) is 0 Å². The summed E-state index contributed by atoms with van der Waals surface area (Å²) < 4.78 is 26.9. The van der Waals surface area contributed by atoms with E-state index in [0.717, 1.165) is 10.0 Å². The summed E-state index contributed by atoms with van der Waals surface area (Å²) in [4.78, 5) is 4.24. The molecule has 0 spiro atoms. The van der Waals surface area contributed by atoms with Crippen LogP contribution in [0.1, 0.15) is 5.56 Å². The highest BCUT2D eigenvalue weighted by atomic mass is 79.9. The fraction of sp³-hybridized carbons (Fsp3) is 0.214. The molecule has 106 valence electrons. The van der Waals surface area contributed by atoms with Gasteiger partial charge >= 0.3 is 0 Å². The minimum Gasteiger partial charge on any atom is -0.265 e. The van der Waals surface area contributed by atoms with E-state index in [2.05, 4.69) is 20.9 Å². The monoisotopic (exact) mass is 354 g/mol. The lowest BCUT2D eigenvalue weighted by atomic mass is 10.2. The topological polar surface area (TPSA) is 50.3 Å². The molecule has 0 fully saturated rings. The largest absolute Gasteiger partial charge is 0.265 e. The highest BCUT2D eigenvalue weighted by Crippen LogP contribution is 2.19. The molecule has 1 aromatic heterocycles. The van der Waals surface area contributed by atoms with Gasteiger partial charge in [0.1, 0.15) is 0 Å². The van der Waals surface area contributed by atoms with Gasteiger partial charge in [0, 0.05) is 30.5 Å². The zero-order chi connectivity index (χ0) is 14.6. The molecule has 0 aliphatic rings. The number of hydrogen-bond donors (Lipinski definition) is 0. The molecular weight excluding hydrogens is 340 g/mol. The Bertz CT molecular complexity index is 675. The standard InChI is InChI=1S/C14H15BrN2O2S/c1-17(10-7-12-5-8-16-9-6-12)20(18,19)14-4-2-3-13(15)11-14/h2-6,8-9,11H,7,10H2,1H3.